The number of rotatable bonds is 6. The smallest absolute Gasteiger partial charge is 0.255 e. The van der Waals surface area contributed by atoms with Crippen molar-refractivity contribution in [1.82, 2.24) is 4.31 Å². The van der Waals surface area contributed by atoms with Crippen molar-refractivity contribution < 1.29 is 17.9 Å². The zero-order valence-corrected chi connectivity index (χ0v) is 17.1. The van der Waals surface area contributed by atoms with E-state index >= 15 is 0 Å². The first kappa shape index (κ1) is 20.4. The Kier molecular flexibility index (Phi) is 6.36. The van der Waals surface area contributed by atoms with Gasteiger partial charge in [-0.3, -0.25) is 4.79 Å². The molecule has 1 amide bonds. The van der Waals surface area contributed by atoms with Crippen molar-refractivity contribution in [2.75, 3.05) is 25.0 Å². The summed E-state index contributed by atoms with van der Waals surface area (Å²) in [6.45, 7) is 5.28. The third-order valence-corrected chi connectivity index (χ3v) is 6.70. The molecule has 28 heavy (non-hydrogen) atoms. The minimum absolute atomic E-state index is 0.160. The molecule has 0 atom stereocenters. The quantitative estimate of drug-likeness (QED) is 0.797. The molecule has 2 aromatic carbocycles. The van der Waals surface area contributed by atoms with E-state index in [0.717, 1.165) is 24.8 Å². The minimum Gasteiger partial charge on any atom is -0.494 e. The molecule has 0 bridgehead atoms. The van der Waals surface area contributed by atoms with E-state index in [4.69, 9.17) is 4.74 Å². The number of sulfonamides is 1. The van der Waals surface area contributed by atoms with E-state index < -0.39 is 10.0 Å². The Labute approximate surface area is 166 Å². The summed E-state index contributed by atoms with van der Waals surface area (Å²) in [7, 11) is -3.59. The first-order chi connectivity index (χ1) is 13.4. The molecule has 1 heterocycles. The van der Waals surface area contributed by atoms with Gasteiger partial charge in [0.05, 0.1) is 11.5 Å². The lowest BCUT2D eigenvalue weighted by Gasteiger charge is -2.26. The fourth-order valence-electron chi connectivity index (χ4n) is 3.29. The Balaban J connectivity index is 1.84. The lowest BCUT2D eigenvalue weighted by Crippen LogP contribution is -2.35. The van der Waals surface area contributed by atoms with Gasteiger partial charge in [0.15, 0.2) is 0 Å². The molecule has 1 aliphatic heterocycles. The third kappa shape index (κ3) is 4.54. The number of anilines is 1. The zero-order valence-electron chi connectivity index (χ0n) is 16.3. The predicted octanol–water partition coefficient (Wildman–Crippen LogP) is 3.82. The fourth-order valence-corrected chi connectivity index (χ4v) is 4.83. The predicted molar refractivity (Wildman–Crippen MR) is 109 cm³/mol. The summed E-state index contributed by atoms with van der Waals surface area (Å²) in [5, 5.41) is 2.83. The SMILES string of the molecule is CCOc1cccc(NC(=O)c2cc(S(=O)(=O)N3CCCCC3)ccc2C)c1. The van der Waals surface area contributed by atoms with Gasteiger partial charge in [0.25, 0.3) is 5.91 Å². The number of nitrogens with zero attached hydrogens (tertiary/aromatic N) is 1. The molecule has 0 unspecified atom stereocenters. The Morgan fingerprint density at radius 2 is 1.86 bits per heavy atom. The molecule has 1 N–H and O–H groups in total. The number of ether oxygens (including phenoxy) is 1. The van der Waals surface area contributed by atoms with Crippen LogP contribution < -0.4 is 10.1 Å². The second kappa shape index (κ2) is 8.75. The summed E-state index contributed by atoms with van der Waals surface area (Å²) in [5.41, 5.74) is 1.66. The molecule has 0 aliphatic carbocycles. The van der Waals surface area contributed by atoms with Crippen LogP contribution in [0.5, 0.6) is 5.75 Å². The minimum atomic E-state index is -3.59. The summed E-state index contributed by atoms with van der Waals surface area (Å²) in [6.07, 6.45) is 2.79. The molecule has 1 aliphatic rings. The van der Waals surface area contributed by atoms with Crippen molar-refractivity contribution >= 4 is 21.6 Å². The Morgan fingerprint density at radius 3 is 2.57 bits per heavy atom. The Bertz CT molecular complexity index is 951. The molecule has 3 rings (SSSR count). The monoisotopic (exact) mass is 402 g/mol. The molecular formula is C21H26N2O4S. The maximum Gasteiger partial charge on any atom is 0.255 e. The highest BCUT2D eigenvalue weighted by molar-refractivity contribution is 7.89. The van der Waals surface area contributed by atoms with Crippen LogP contribution in [0.4, 0.5) is 5.69 Å². The zero-order chi connectivity index (χ0) is 20.1. The van der Waals surface area contributed by atoms with Crippen LogP contribution in [0.15, 0.2) is 47.4 Å². The lowest BCUT2D eigenvalue weighted by molar-refractivity contribution is 0.102. The van der Waals surface area contributed by atoms with Crippen molar-refractivity contribution in [1.29, 1.82) is 0 Å². The van der Waals surface area contributed by atoms with Gasteiger partial charge >= 0.3 is 0 Å². The summed E-state index contributed by atoms with van der Waals surface area (Å²) in [5.74, 6) is 0.320. The van der Waals surface area contributed by atoms with Crippen LogP contribution in [-0.4, -0.2) is 38.3 Å². The van der Waals surface area contributed by atoms with Crippen LogP contribution in [0.1, 0.15) is 42.1 Å². The van der Waals surface area contributed by atoms with Crippen molar-refractivity contribution in [3.8, 4) is 5.75 Å². The number of nitrogens with one attached hydrogen (secondary N) is 1. The Hall–Kier alpha value is -2.38. The summed E-state index contributed by atoms with van der Waals surface area (Å²) in [6, 6.07) is 11.9. The number of carbonyl (C=O) groups excluding carboxylic acids is 1. The standard InChI is InChI=1S/C21H26N2O4S/c1-3-27-18-9-7-8-17(14-18)22-21(24)20-15-19(11-10-16(20)2)28(25,26)23-12-5-4-6-13-23/h7-11,14-15H,3-6,12-13H2,1-2H3,(H,22,24). The molecular weight excluding hydrogens is 376 g/mol. The van der Waals surface area contributed by atoms with Crippen molar-refractivity contribution in [3.63, 3.8) is 0 Å². The molecule has 1 saturated heterocycles. The second-order valence-corrected chi connectivity index (χ2v) is 8.79. The van der Waals surface area contributed by atoms with E-state index in [9.17, 15) is 13.2 Å². The fraction of sp³-hybridized carbons (Fsp3) is 0.381. The third-order valence-electron chi connectivity index (χ3n) is 4.81. The molecule has 2 aromatic rings. The number of hydrogen-bond donors (Lipinski definition) is 1. The maximum absolute atomic E-state index is 12.9. The van der Waals surface area contributed by atoms with E-state index in [1.807, 2.05) is 13.0 Å². The van der Waals surface area contributed by atoms with E-state index in [1.165, 1.54) is 10.4 Å². The topological polar surface area (TPSA) is 75.7 Å². The maximum atomic E-state index is 12.9. The first-order valence-corrected chi connectivity index (χ1v) is 11.0. The average Bonchev–Trinajstić information content (AvgIpc) is 2.69. The number of aryl methyl sites for hydroxylation is 1. The number of hydrogen-bond acceptors (Lipinski definition) is 4. The van der Waals surface area contributed by atoms with E-state index in [2.05, 4.69) is 5.32 Å². The number of benzene rings is 2. The summed E-state index contributed by atoms with van der Waals surface area (Å²) < 4.78 is 32.8. The molecule has 0 aromatic heterocycles. The average molecular weight is 403 g/mol. The van der Waals surface area contributed by atoms with Crippen LogP contribution >= 0.6 is 0 Å². The largest absolute Gasteiger partial charge is 0.494 e. The highest BCUT2D eigenvalue weighted by Gasteiger charge is 2.27. The van der Waals surface area contributed by atoms with E-state index in [1.54, 1.807) is 37.3 Å². The number of piperidine rings is 1. The molecule has 150 valence electrons. The normalized spacial score (nSPS) is 15.2. The van der Waals surface area contributed by atoms with E-state index in [0.29, 0.717) is 36.7 Å². The van der Waals surface area contributed by atoms with Gasteiger partial charge in [-0.1, -0.05) is 18.6 Å². The van der Waals surface area contributed by atoms with Gasteiger partial charge in [0.2, 0.25) is 10.0 Å². The van der Waals surface area contributed by atoms with Gasteiger partial charge in [-0.2, -0.15) is 4.31 Å². The molecule has 0 radical (unpaired) electrons. The van der Waals surface area contributed by atoms with Gasteiger partial charge in [-0.25, -0.2) is 8.42 Å². The second-order valence-electron chi connectivity index (χ2n) is 6.86. The van der Waals surface area contributed by atoms with Gasteiger partial charge in [0, 0.05) is 30.4 Å². The van der Waals surface area contributed by atoms with Crippen LogP contribution in [-0.2, 0) is 10.0 Å². The highest BCUT2D eigenvalue weighted by atomic mass is 32.2. The summed E-state index contributed by atoms with van der Waals surface area (Å²) >= 11 is 0. The van der Waals surface area contributed by atoms with Crippen LogP contribution in [0.25, 0.3) is 0 Å². The first-order valence-electron chi connectivity index (χ1n) is 9.57. The van der Waals surface area contributed by atoms with Gasteiger partial charge < -0.3 is 10.1 Å². The van der Waals surface area contributed by atoms with Crippen LogP contribution in [0.3, 0.4) is 0 Å². The molecule has 6 nitrogen and oxygen atoms in total. The molecule has 1 fully saturated rings. The van der Waals surface area contributed by atoms with Crippen molar-refractivity contribution in [3.05, 3.63) is 53.6 Å². The highest BCUT2D eigenvalue weighted by Crippen LogP contribution is 2.24. The number of carbonyl (C=O) groups is 1. The van der Waals surface area contributed by atoms with Gasteiger partial charge in [-0.15, -0.1) is 0 Å². The van der Waals surface area contributed by atoms with Gasteiger partial charge in [0.1, 0.15) is 5.75 Å². The Morgan fingerprint density at radius 1 is 1.11 bits per heavy atom. The molecule has 7 heteroatoms. The number of amides is 1. The van der Waals surface area contributed by atoms with Crippen molar-refractivity contribution in [2.24, 2.45) is 0 Å². The van der Waals surface area contributed by atoms with Crippen LogP contribution in [0.2, 0.25) is 0 Å². The van der Waals surface area contributed by atoms with Gasteiger partial charge in [-0.05, 0) is 56.5 Å². The summed E-state index contributed by atoms with van der Waals surface area (Å²) in [4.78, 5) is 13.0. The molecule has 0 saturated carbocycles. The van der Waals surface area contributed by atoms with Crippen molar-refractivity contribution in [2.45, 2.75) is 38.0 Å². The van der Waals surface area contributed by atoms with Crippen LogP contribution in [0, 0.1) is 6.92 Å². The molecule has 0 spiro atoms. The lowest BCUT2D eigenvalue weighted by atomic mass is 10.1. The van der Waals surface area contributed by atoms with E-state index in [-0.39, 0.29) is 10.8 Å².